The molecule has 1 amide bonds. The van der Waals surface area contributed by atoms with Gasteiger partial charge in [-0.05, 0) is 44.9 Å². The second-order valence-corrected chi connectivity index (χ2v) is 10.6. The van der Waals surface area contributed by atoms with E-state index in [-0.39, 0.29) is 28.7 Å². The van der Waals surface area contributed by atoms with Gasteiger partial charge in [0.25, 0.3) is 5.91 Å². The van der Waals surface area contributed by atoms with Gasteiger partial charge in [0, 0.05) is 11.3 Å². The maximum atomic E-state index is 14.9. The highest BCUT2D eigenvalue weighted by Gasteiger charge is 2.63. The molecule has 1 unspecified atom stereocenters. The number of nitrogens with zero attached hydrogens (tertiary/aromatic N) is 3. The maximum Gasteiger partial charge on any atom is 0.275 e. The minimum Gasteiger partial charge on any atom is -0.480 e. The van der Waals surface area contributed by atoms with E-state index in [1.165, 1.54) is 31.6 Å². The molecule has 164 valence electrons. The number of anilines is 1. The SMILES string of the molecule is COc1cnc(C(=O)Nc2ccc(F)c([C@@]3(C)N=C(N)[C@@]4(C)CCC3S4(=O)=O)c2)cn1. The Bertz CT molecular complexity index is 1200. The van der Waals surface area contributed by atoms with Crippen LogP contribution in [0.4, 0.5) is 10.1 Å². The number of ether oxygens (including phenoxy) is 1. The Hall–Kier alpha value is -3.08. The highest BCUT2D eigenvalue weighted by Crippen LogP contribution is 2.51. The summed E-state index contributed by atoms with van der Waals surface area (Å²) in [6, 6.07) is 3.93. The number of carbonyl (C=O) groups excluding carboxylic acids is 1. The van der Waals surface area contributed by atoms with Crippen LogP contribution in [0.2, 0.25) is 0 Å². The molecule has 1 saturated heterocycles. The number of benzene rings is 1. The van der Waals surface area contributed by atoms with E-state index in [4.69, 9.17) is 10.5 Å². The van der Waals surface area contributed by atoms with Crippen molar-refractivity contribution >= 4 is 27.3 Å². The molecule has 1 aromatic carbocycles. The molecule has 0 aliphatic carbocycles. The molecule has 0 spiro atoms. The number of aromatic nitrogens is 2. The molecule has 3 atom stereocenters. The Kier molecular flexibility index (Phi) is 4.76. The van der Waals surface area contributed by atoms with Gasteiger partial charge in [-0.2, -0.15) is 0 Å². The quantitative estimate of drug-likeness (QED) is 0.729. The van der Waals surface area contributed by atoms with Crippen molar-refractivity contribution in [3.8, 4) is 5.88 Å². The predicted molar refractivity (Wildman–Crippen MR) is 112 cm³/mol. The predicted octanol–water partition coefficient (Wildman–Crippen LogP) is 1.80. The van der Waals surface area contributed by atoms with Crippen LogP contribution in [0.5, 0.6) is 5.88 Å². The summed E-state index contributed by atoms with van der Waals surface area (Å²) in [5.74, 6) is -0.963. The van der Waals surface area contributed by atoms with Gasteiger partial charge in [-0.3, -0.25) is 9.79 Å². The van der Waals surface area contributed by atoms with Crippen molar-refractivity contribution in [2.45, 2.75) is 42.2 Å². The van der Waals surface area contributed by atoms with Crippen LogP contribution in [0.25, 0.3) is 0 Å². The summed E-state index contributed by atoms with van der Waals surface area (Å²) in [7, 11) is -2.25. The van der Waals surface area contributed by atoms with Crippen molar-refractivity contribution in [1.82, 2.24) is 9.97 Å². The van der Waals surface area contributed by atoms with Crippen LogP contribution in [0.1, 0.15) is 42.7 Å². The Balaban J connectivity index is 1.71. The van der Waals surface area contributed by atoms with Crippen LogP contribution >= 0.6 is 0 Å². The van der Waals surface area contributed by atoms with Crippen LogP contribution in [0.3, 0.4) is 0 Å². The van der Waals surface area contributed by atoms with Crippen molar-refractivity contribution in [1.29, 1.82) is 0 Å². The first-order valence-corrected chi connectivity index (χ1v) is 11.1. The van der Waals surface area contributed by atoms with Gasteiger partial charge >= 0.3 is 0 Å². The van der Waals surface area contributed by atoms with Gasteiger partial charge in [0.1, 0.15) is 27.6 Å². The summed E-state index contributed by atoms with van der Waals surface area (Å²) in [5, 5.41) is 1.71. The molecule has 3 heterocycles. The van der Waals surface area contributed by atoms with Gasteiger partial charge in [0.05, 0.1) is 24.8 Å². The van der Waals surface area contributed by atoms with Crippen LogP contribution in [0, 0.1) is 5.82 Å². The standard InChI is InChI=1S/C20H22FN5O4S/c1-19-7-6-15(31(19,28)29)20(2,26-18(19)22)12-8-11(4-5-13(12)21)25-17(27)14-9-24-16(30-3)10-23-14/h4-5,8-10,15H,6-7H2,1-3H3,(H2,22,26)(H,25,27)/t15?,19-,20-/m1/s1. The van der Waals surface area contributed by atoms with E-state index in [1.807, 2.05) is 0 Å². The van der Waals surface area contributed by atoms with Crippen LogP contribution in [-0.4, -0.2) is 47.2 Å². The van der Waals surface area contributed by atoms with Crippen LogP contribution in [-0.2, 0) is 15.4 Å². The lowest BCUT2D eigenvalue weighted by Gasteiger charge is -2.39. The fourth-order valence-corrected chi connectivity index (χ4v) is 6.85. The van der Waals surface area contributed by atoms with E-state index in [0.717, 1.165) is 6.07 Å². The van der Waals surface area contributed by atoms with Gasteiger partial charge in [-0.1, -0.05) is 0 Å². The lowest BCUT2D eigenvalue weighted by molar-refractivity contribution is 0.102. The second kappa shape index (κ2) is 6.98. The van der Waals surface area contributed by atoms with Gasteiger partial charge in [0.2, 0.25) is 5.88 Å². The molecule has 1 aromatic heterocycles. The molecule has 11 heteroatoms. The van der Waals surface area contributed by atoms with Crippen LogP contribution < -0.4 is 15.8 Å². The van der Waals surface area contributed by atoms with Crippen molar-refractivity contribution in [3.05, 3.63) is 47.7 Å². The summed E-state index contributed by atoms with van der Waals surface area (Å²) >= 11 is 0. The molecule has 2 aromatic rings. The third-order valence-electron chi connectivity index (χ3n) is 6.25. The molecule has 3 N–H and O–H groups in total. The number of fused-ring (bicyclic) bond motifs is 2. The molecule has 31 heavy (non-hydrogen) atoms. The monoisotopic (exact) mass is 447 g/mol. The number of amides is 1. The zero-order chi connectivity index (χ0) is 22.6. The minimum absolute atomic E-state index is 0.0221. The number of sulfone groups is 1. The molecule has 4 rings (SSSR count). The second-order valence-electron chi connectivity index (χ2n) is 8.04. The van der Waals surface area contributed by atoms with E-state index in [1.54, 1.807) is 13.8 Å². The third-order valence-corrected chi connectivity index (χ3v) is 9.36. The van der Waals surface area contributed by atoms with E-state index in [9.17, 15) is 17.6 Å². The Morgan fingerprint density at radius 2 is 2.03 bits per heavy atom. The zero-order valence-corrected chi connectivity index (χ0v) is 18.0. The van der Waals surface area contributed by atoms with E-state index in [0.29, 0.717) is 12.8 Å². The Labute approximate surface area is 178 Å². The normalized spacial score (nSPS) is 28.6. The van der Waals surface area contributed by atoms with Crippen molar-refractivity contribution < 1.29 is 22.3 Å². The van der Waals surface area contributed by atoms with Gasteiger partial charge in [0.15, 0.2) is 9.84 Å². The molecule has 1 fully saturated rings. The van der Waals surface area contributed by atoms with Crippen molar-refractivity contribution in [3.63, 3.8) is 0 Å². The number of amidine groups is 1. The number of hydrogen-bond donors (Lipinski definition) is 2. The van der Waals surface area contributed by atoms with Gasteiger partial charge in [-0.25, -0.2) is 22.8 Å². The zero-order valence-electron chi connectivity index (χ0n) is 17.2. The fourth-order valence-electron chi connectivity index (χ4n) is 4.27. The largest absolute Gasteiger partial charge is 0.480 e. The molecule has 2 aliphatic rings. The molecule has 9 nitrogen and oxygen atoms in total. The summed E-state index contributed by atoms with van der Waals surface area (Å²) < 4.78 is 44.8. The Morgan fingerprint density at radius 3 is 2.68 bits per heavy atom. The summed E-state index contributed by atoms with van der Waals surface area (Å²) in [6.07, 6.45) is 3.20. The number of halogens is 1. The lowest BCUT2D eigenvalue weighted by Crippen LogP contribution is -2.55. The topological polar surface area (TPSA) is 137 Å². The van der Waals surface area contributed by atoms with Gasteiger partial charge < -0.3 is 15.8 Å². The highest BCUT2D eigenvalue weighted by molar-refractivity contribution is 7.94. The maximum absolute atomic E-state index is 14.9. The third kappa shape index (κ3) is 3.06. The van der Waals surface area contributed by atoms with Crippen LogP contribution in [0.15, 0.2) is 35.6 Å². The molecular weight excluding hydrogens is 425 g/mol. The highest BCUT2D eigenvalue weighted by atomic mass is 32.2. The first-order valence-electron chi connectivity index (χ1n) is 9.59. The van der Waals surface area contributed by atoms with E-state index >= 15 is 0 Å². The van der Waals surface area contributed by atoms with Gasteiger partial charge in [-0.15, -0.1) is 0 Å². The molecular formula is C20H22FN5O4S. The number of carbonyl (C=O) groups is 1. The number of nitrogens with one attached hydrogen (secondary N) is 1. The molecule has 0 saturated carbocycles. The first-order chi connectivity index (χ1) is 14.5. The van der Waals surface area contributed by atoms with Crippen molar-refractivity contribution in [2.75, 3.05) is 12.4 Å². The lowest BCUT2D eigenvalue weighted by atomic mass is 9.86. The number of rotatable bonds is 4. The molecule has 2 bridgehead atoms. The molecule has 0 radical (unpaired) electrons. The summed E-state index contributed by atoms with van der Waals surface area (Å²) in [4.78, 5) is 24.9. The summed E-state index contributed by atoms with van der Waals surface area (Å²) in [6.45, 7) is 3.12. The summed E-state index contributed by atoms with van der Waals surface area (Å²) in [5.41, 5.74) is 4.99. The Morgan fingerprint density at radius 1 is 1.29 bits per heavy atom. The smallest absolute Gasteiger partial charge is 0.275 e. The fraction of sp³-hybridized carbons (Fsp3) is 0.400. The first kappa shape index (κ1) is 21.2. The number of nitrogens with two attached hydrogens (primary N) is 1. The average molecular weight is 447 g/mol. The van der Waals surface area contributed by atoms with Crippen molar-refractivity contribution in [2.24, 2.45) is 10.7 Å². The number of methoxy groups -OCH3 is 1. The average Bonchev–Trinajstić information content (AvgIpc) is 2.92. The number of hydrogen-bond acceptors (Lipinski definition) is 8. The minimum atomic E-state index is -3.68. The number of aliphatic imine (C=N–C) groups is 1. The van der Waals surface area contributed by atoms with E-state index < -0.39 is 37.1 Å². The van der Waals surface area contributed by atoms with E-state index in [2.05, 4.69) is 20.3 Å². The molecule has 2 aliphatic heterocycles.